The molecule has 5 heterocycles. The predicted molar refractivity (Wildman–Crippen MR) is 165 cm³/mol. The maximum atomic E-state index is 5.10. The van der Waals surface area contributed by atoms with Crippen LogP contribution < -0.4 is 0 Å². The van der Waals surface area contributed by atoms with Crippen LogP contribution in [-0.4, -0.2) is 39.9 Å². The summed E-state index contributed by atoms with van der Waals surface area (Å²) in [6.45, 7) is 4.17. The van der Waals surface area contributed by atoms with Crippen molar-refractivity contribution in [2.75, 3.05) is 0 Å². The molecule has 0 saturated heterocycles. The number of hydrogen-bond acceptors (Lipinski definition) is 6. The van der Waals surface area contributed by atoms with Crippen LogP contribution >= 0.6 is 0 Å². The SMILES string of the molecule is [CH2]Cc1cccc2c3nc4nc(nc5[nH]c(nc6nc(nc([nH]3)c12)-c1ccccc1-6)c1ccccc51)-c1ccccc1-4.[Fe]. The van der Waals surface area contributed by atoms with Crippen molar-refractivity contribution < 1.29 is 17.1 Å². The van der Waals surface area contributed by atoms with Crippen LogP contribution in [0.1, 0.15) is 5.56 Å². The van der Waals surface area contributed by atoms with E-state index in [9.17, 15) is 0 Å². The van der Waals surface area contributed by atoms with E-state index in [-0.39, 0.29) is 17.1 Å². The molecule has 0 fully saturated rings. The van der Waals surface area contributed by atoms with Gasteiger partial charge in [0, 0.05) is 60.9 Å². The molecule has 0 atom stereocenters. The molecule has 0 spiro atoms. The molecule has 9 rings (SSSR count). The van der Waals surface area contributed by atoms with E-state index in [0.29, 0.717) is 52.3 Å². The summed E-state index contributed by atoms with van der Waals surface area (Å²) in [6.07, 6.45) is 0.607. The van der Waals surface area contributed by atoms with Crippen LogP contribution in [0.15, 0.2) is 91.0 Å². The summed E-state index contributed by atoms with van der Waals surface area (Å²) >= 11 is 0. The minimum Gasteiger partial charge on any atom is -0.324 e. The Morgan fingerprint density at radius 3 is 1.33 bits per heavy atom. The Morgan fingerprint density at radius 2 is 0.837 bits per heavy atom. The summed E-state index contributed by atoms with van der Waals surface area (Å²) in [4.78, 5) is 37.1. The Morgan fingerprint density at radius 1 is 0.442 bits per heavy atom. The monoisotopic (exact) mass is 597 g/mol. The molecule has 2 aliphatic rings. The number of benzene rings is 4. The molecule has 9 heteroatoms. The predicted octanol–water partition coefficient (Wildman–Crippen LogP) is 7.24. The minimum absolute atomic E-state index is 0. The van der Waals surface area contributed by atoms with E-state index in [2.05, 4.69) is 29.0 Å². The van der Waals surface area contributed by atoms with Crippen molar-refractivity contribution in [2.24, 2.45) is 0 Å². The zero-order valence-electron chi connectivity index (χ0n) is 22.6. The number of nitrogens with one attached hydrogen (secondary N) is 2. The standard InChI is InChI=1S/C34H21N8.Fe/c1-2-18-10-9-17-25-26(18)34-41-32-24-16-8-7-15-23(24)30(39-32)37-28-20-12-4-3-11-19(20)27(35-28)36-29-21-13-5-6-14-22(21)31(38-29)40-33(25)42-34;/h3-17H,1-2H2,(H2,35,36,37,38,39,40,41,42);. The van der Waals surface area contributed by atoms with Gasteiger partial charge in [-0.25, -0.2) is 29.9 Å². The number of aromatic amines is 2. The fourth-order valence-electron chi connectivity index (χ4n) is 5.97. The fourth-order valence-corrected chi connectivity index (χ4v) is 5.97. The van der Waals surface area contributed by atoms with Gasteiger partial charge in [0.15, 0.2) is 23.3 Å². The first-order chi connectivity index (χ1) is 20.7. The maximum absolute atomic E-state index is 5.10. The third-order valence-corrected chi connectivity index (χ3v) is 7.94. The Labute approximate surface area is 255 Å². The van der Waals surface area contributed by atoms with Crippen LogP contribution in [0.5, 0.6) is 0 Å². The van der Waals surface area contributed by atoms with Gasteiger partial charge in [-0.05, 0) is 18.9 Å². The van der Waals surface area contributed by atoms with Crippen LogP contribution in [0.25, 0.3) is 89.7 Å². The molecule has 205 valence electrons. The van der Waals surface area contributed by atoms with E-state index in [1.807, 2.05) is 78.9 Å². The largest absolute Gasteiger partial charge is 0.324 e. The molecule has 4 aromatic carbocycles. The number of aromatic nitrogens is 8. The number of H-pyrrole nitrogens is 2. The second-order valence-electron chi connectivity index (χ2n) is 10.3. The molecular formula is C34H21FeN8. The Kier molecular flexibility index (Phi) is 5.72. The third kappa shape index (κ3) is 3.82. The van der Waals surface area contributed by atoms with Gasteiger partial charge in [0.05, 0.1) is 0 Å². The molecule has 0 aliphatic carbocycles. The first-order valence-electron chi connectivity index (χ1n) is 13.8. The van der Waals surface area contributed by atoms with E-state index in [1.54, 1.807) is 0 Å². The fraction of sp³-hybridized carbons (Fsp3) is 0.0294. The van der Waals surface area contributed by atoms with E-state index in [1.165, 1.54) is 0 Å². The molecule has 2 N–H and O–H groups in total. The summed E-state index contributed by atoms with van der Waals surface area (Å²) in [5, 5.41) is 3.82. The zero-order valence-corrected chi connectivity index (χ0v) is 23.7. The number of nitrogens with zero attached hydrogens (tertiary/aromatic N) is 6. The number of hydrogen-bond donors (Lipinski definition) is 2. The molecule has 8 bridgehead atoms. The van der Waals surface area contributed by atoms with Gasteiger partial charge in [0.25, 0.3) is 0 Å². The van der Waals surface area contributed by atoms with Crippen molar-refractivity contribution >= 4 is 44.1 Å². The molecule has 2 aliphatic heterocycles. The molecular weight excluding hydrogens is 576 g/mol. The average Bonchev–Trinajstić information content (AvgIpc) is 3.76. The van der Waals surface area contributed by atoms with Crippen LogP contribution in [0.4, 0.5) is 0 Å². The van der Waals surface area contributed by atoms with Crippen molar-refractivity contribution in [3.05, 3.63) is 103 Å². The van der Waals surface area contributed by atoms with Gasteiger partial charge < -0.3 is 9.97 Å². The summed E-state index contributed by atoms with van der Waals surface area (Å²) in [5.41, 5.74) is 7.47. The topological polar surface area (TPSA) is 109 Å². The third-order valence-electron chi connectivity index (χ3n) is 7.94. The molecule has 7 aromatic rings. The van der Waals surface area contributed by atoms with Crippen molar-refractivity contribution in [1.29, 1.82) is 0 Å². The molecule has 1 radical (unpaired) electrons. The van der Waals surface area contributed by atoms with Crippen molar-refractivity contribution in [2.45, 2.75) is 6.42 Å². The van der Waals surface area contributed by atoms with Gasteiger partial charge >= 0.3 is 0 Å². The van der Waals surface area contributed by atoms with E-state index in [4.69, 9.17) is 29.9 Å². The second kappa shape index (κ2) is 9.66. The Balaban J connectivity index is 0.00000278. The van der Waals surface area contributed by atoms with Crippen LogP contribution in [0.3, 0.4) is 0 Å². The number of fused-ring (bicyclic) bond motifs is 20. The molecule has 43 heavy (non-hydrogen) atoms. The number of rotatable bonds is 1. The second-order valence-corrected chi connectivity index (χ2v) is 10.3. The van der Waals surface area contributed by atoms with Gasteiger partial charge in [-0.3, -0.25) is 0 Å². The molecule has 3 aromatic heterocycles. The van der Waals surface area contributed by atoms with E-state index in [0.717, 1.165) is 49.4 Å². The zero-order chi connectivity index (χ0) is 27.8. The van der Waals surface area contributed by atoms with Gasteiger partial charge in [-0.15, -0.1) is 0 Å². The molecule has 0 saturated carbocycles. The van der Waals surface area contributed by atoms with Gasteiger partial charge in [-0.2, -0.15) is 0 Å². The Bertz CT molecular complexity index is 2420. The Hall–Kier alpha value is -5.24. The van der Waals surface area contributed by atoms with Crippen LogP contribution in [-0.2, 0) is 23.5 Å². The first kappa shape index (κ1) is 25.5. The quantitative estimate of drug-likeness (QED) is 0.193. The van der Waals surface area contributed by atoms with Crippen LogP contribution in [0.2, 0.25) is 0 Å². The molecule has 8 nitrogen and oxygen atoms in total. The van der Waals surface area contributed by atoms with Crippen molar-refractivity contribution in [3.63, 3.8) is 0 Å². The van der Waals surface area contributed by atoms with Gasteiger partial charge in [0.1, 0.15) is 22.6 Å². The average molecular weight is 597 g/mol. The molecule has 0 amide bonds. The summed E-state index contributed by atoms with van der Waals surface area (Å²) in [5.74, 6) is 2.36. The van der Waals surface area contributed by atoms with Crippen LogP contribution in [0, 0.1) is 6.92 Å². The minimum atomic E-state index is 0. The summed E-state index contributed by atoms with van der Waals surface area (Å²) in [6, 6.07) is 30.3. The van der Waals surface area contributed by atoms with Crippen molar-refractivity contribution in [1.82, 2.24) is 39.9 Å². The summed E-state index contributed by atoms with van der Waals surface area (Å²) < 4.78 is 0. The maximum Gasteiger partial charge on any atom is 0.164 e. The van der Waals surface area contributed by atoms with E-state index >= 15 is 0 Å². The smallest absolute Gasteiger partial charge is 0.164 e. The van der Waals surface area contributed by atoms with Crippen molar-refractivity contribution in [3.8, 4) is 45.6 Å². The normalized spacial score (nSPS) is 11.7. The summed E-state index contributed by atoms with van der Waals surface area (Å²) in [7, 11) is 0. The molecule has 0 unspecified atom stereocenters. The van der Waals surface area contributed by atoms with Gasteiger partial charge in [0.2, 0.25) is 0 Å². The van der Waals surface area contributed by atoms with Gasteiger partial charge in [-0.1, -0.05) is 91.0 Å². The first-order valence-corrected chi connectivity index (χ1v) is 13.8. The van der Waals surface area contributed by atoms with E-state index < -0.39 is 0 Å².